The molecule has 0 amide bonds. The second-order valence-corrected chi connectivity index (χ2v) is 6.14. The highest BCUT2D eigenvalue weighted by atomic mass is 32.2. The third-order valence-corrected chi connectivity index (χ3v) is 4.37. The lowest BCUT2D eigenvalue weighted by Gasteiger charge is -2.04. The van der Waals surface area contributed by atoms with Crippen molar-refractivity contribution in [2.75, 3.05) is 24.7 Å². The topological polar surface area (TPSA) is 55.0 Å². The average Bonchev–Trinajstić information content (AvgIpc) is 2.72. The Hall–Kier alpha value is -1.27. The molecule has 1 aromatic carbocycles. The van der Waals surface area contributed by atoms with E-state index < -0.39 is 0 Å². The molecule has 0 spiro atoms. The first-order chi connectivity index (χ1) is 8.06. The molecular weight excluding hydrogens is 252 g/mol. The van der Waals surface area contributed by atoms with Gasteiger partial charge in [0.2, 0.25) is 5.13 Å². The van der Waals surface area contributed by atoms with E-state index >= 15 is 0 Å². The standard InChI is InChI=1S/C11H14N4S2/c1-7-4-5-8(6-9(7)12)16-11-14-13-10(17-11)15(2)3/h4-6H,12H2,1-3H3. The summed E-state index contributed by atoms with van der Waals surface area (Å²) in [6.07, 6.45) is 0. The number of benzene rings is 1. The molecule has 0 saturated carbocycles. The number of nitrogen functional groups attached to an aromatic ring is 1. The first-order valence-corrected chi connectivity index (χ1v) is 6.74. The zero-order valence-corrected chi connectivity index (χ0v) is 11.6. The molecule has 2 N–H and O–H groups in total. The van der Waals surface area contributed by atoms with Gasteiger partial charge in [0.15, 0.2) is 4.34 Å². The van der Waals surface area contributed by atoms with E-state index in [1.54, 1.807) is 23.1 Å². The number of nitrogens with two attached hydrogens (primary N) is 1. The van der Waals surface area contributed by atoms with Gasteiger partial charge in [0.25, 0.3) is 0 Å². The number of anilines is 2. The molecule has 4 nitrogen and oxygen atoms in total. The summed E-state index contributed by atoms with van der Waals surface area (Å²) in [7, 11) is 3.91. The van der Waals surface area contributed by atoms with Gasteiger partial charge in [-0.25, -0.2) is 0 Å². The minimum Gasteiger partial charge on any atom is -0.398 e. The summed E-state index contributed by atoms with van der Waals surface area (Å²) in [5.41, 5.74) is 7.78. The Bertz CT molecular complexity index is 522. The van der Waals surface area contributed by atoms with Crippen molar-refractivity contribution in [3.63, 3.8) is 0 Å². The molecule has 0 aliphatic rings. The molecule has 2 rings (SSSR count). The van der Waals surface area contributed by atoms with Gasteiger partial charge in [0.1, 0.15) is 0 Å². The zero-order valence-electron chi connectivity index (χ0n) is 9.97. The third kappa shape index (κ3) is 2.89. The second kappa shape index (κ2) is 4.93. The van der Waals surface area contributed by atoms with Crippen LogP contribution in [0.4, 0.5) is 10.8 Å². The predicted octanol–water partition coefficient (Wildman–Crippen LogP) is 2.65. The summed E-state index contributed by atoms with van der Waals surface area (Å²) in [5, 5.41) is 9.14. The quantitative estimate of drug-likeness (QED) is 0.866. The van der Waals surface area contributed by atoms with Gasteiger partial charge in [-0.3, -0.25) is 0 Å². The number of aromatic nitrogens is 2. The van der Waals surface area contributed by atoms with Crippen molar-refractivity contribution in [3.8, 4) is 0 Å². The van der Waals surface area contributed by atoms with Gasteiger partial charge in [0, 0.05) is 24.7 Å². The van der Waals surface area contributed by atoms with E-state index in [-0.39, 0.29) is 0 Å². The molecule has 0 saturated heterocycles. The van der Waals surface area contributed by atoms with Gasteiger partial charge >= 0.3 is 0 Å². The van der Waals surface area contributed by atoms with Crippen molar-refractivity contribution in [3.05, 3.63) is 23.8 Å². The van der Waals surface area contributed by atoms with Gasteiger partial charge in [0.05, 0.1) is 0 Å². The van der Waals surface area contributed by atoms with Crippen LogP contribution in [-0.2, 0) is 0 Å². The fraction of sp³-hybridized carbons (Fsp3) is 0.273. The summed E-state index contributed by atoms with van der Waals surface area (Å²) < 4.78 is 0.928. The number of nitrogens with zero attached hydrogens (tertiary/aromatic N) is 3. The van der Waals surface area contributed by atoms with E-state index in [2.05, 4.69) is 10.2 Å². The Morgan fingerprint density at radius 3 is 2.65 bits per heavy atom. The van der Waals surface area contributed by atoms with E-state index in [0.717, 1.165) is 25.6 Å². The SMILES string of the molecule is Cc1ccc(Sc2nnc(N(C)C)s2)cc1N. The summed E-state index contributed by atoms with van der Waals surface area (Å²) in [6.45, 7) is 2.00. The van der Waals surface area contributed by atoms with E-state index in [1.807, 2.05) is 44.1 Å². The van der Waals surface area contributed by atoms with Crippen molar-refractivity contribution in [2.24, 2.45) is 0 Å². The Labute approximate surface area is 109 Å². The normalized spacial score (nSPS) is 10.5. The van der Waals surface area contributed by atoms with Crippen LogP contribution in [0.1, 0.15) is 5.56 Å². The van der Waals surface area contributed by atoms with Crippen LogP contribution in [0.25, 0.3) is 0 Å². The number of rotatable bonds is 3. The Balaban J connectivity index is 2.16. The van der Waals surface area contributed by atoms with Gasteiger partial charge in [-0.05, 0) is 24.6 Å². The molecule has 6 heteroatoms. The van der Waals surface area contributed by atoms with E-state index in [0.29, 0.717) is 0 Å². The molecule has 0 aliphatic heterocycles. The van der Waals surface area contributed by atoms with Crippen LogP contribution in [0.5, 0.6) is 0 Å². The lowest BCUT2D eigenvalue weighted by atomic mass is 10.2. The maximum atomic E-state index is 5.87. The average molecular weight is 266 g/mol. The molecule has 1 heterocycles. The van der Waals surface area contributed by atoms with Gasteiger partial charge in [-0.2, -0.15) is 0 Å². The van der Waals surface area contributed by atoms with E-state index in [4.69, 9.17) is 5.73 Å². The Kier molecular flexibility index (Phi) is 3.54. The molecule has 90 valence electrons. The van der Waals surface area contributed by atoms with Crippen molar-refractivity contribution in [2.45, 2.75) is 16.2 Å². The minimum absolute atomic E-state index is 0.812. The van der Waals surface area contributed by atoms with Crippen LogP contribution < -0.4 is 10.6 Å². The molecule has 0 fully saturated rings. The van der Waals surface area contributed by atoms with Crippen molar-refractivity contribution >= 4 is 33.9 Å². The Morgan fingerprint density at radius 2 is 2.06 bits per heavy atom. The molecule has 0 bridgehead atoms. The molecule has 1 aromatic heterocycles. The monoisotopic (exact) mass is 266 g/mol. The maximum Gasteiger partial charge on any atom is 0.208 e. The van der Waals surface area contributed by atoms with E-state index in [1.165, 1.54) is 0 Å². The minimum atomic E-state index is 0.812. The van der Waals surface area contributed by atoms with Gasteiger partial charge in [-0.15, -0.1) is 10.2 Å². The number of aryl methyl sites for hydroxylation is 1. The highest BCUT2D eigenvalue weighted by Gasteiger charge is 2.07. The molecule has 0 radical (unpaired) electrons. The van der Waals surface area contributed by atoms with Crippen LogP contribution >= 0.6 is 23.1 Å². The first-order valence-electron chi connectivity index (χ1n) is 5.11. The van der Waals surface area contributed by atoms with Crippen LogP contribution in [0, 0.1) is 6.92 Å². The predicted molar refractivity (Wildman–Crippen MR) is 74.0 cm³/mol. The van der Waals surface area contributed by atoms with Crippen molar-refractivity contribution < 1.29 is 0 Å². The van der Waals surface area contributed by atoms with Gasteiger partial charge in [-0.1, -0.05) is 29.2 Å². The van der Waals surface area contributed by atoms with Crippen molar-refractivity contribution in [1.82, 2.24) is 10.2 Å². The smallest absolute Gasteiger partial charge is 0.208 e. The summed E-state index contributed by atoms with van der Waals surface area (Å²) in [6, 6.07) is 6.04. The Morgan fingerprint density at radius 1 is 1.29 bits per heavy atom. The van der Waals surface area contributed by atoms with Crippen LogP contribution in [0.15, 0.2) is 27.4 Å². The molecule has 0 aliphatic carbocycles. The number of hydrogen-bond donors (Lipinski definition) is 1. The zero-order chi connectivity index (χ0) is 12.4. The second-order valence-electron chi connectivity index (χ2n) is 3.87. The molecule has 0 unspecified atom stereocenters. The maximum absolute atomic E-state index is 5.87. The van der Waals surface area contributed by atoms with Crippen LogP contribution in [-0.4, -0.2) is 24.3 Å². The lowest BCUT2D eigenvalue weighted by Crippen LogP contribution is -2.07. The largest absolute Gasteiger partial charge is 0.398 e. The van der Waals surface area contributed by atoms with Crippen LogP contribution in [0.2, 0.25) is 0 Å². The third-order valence-electron chi connectivity index (χ3n) is 2.23. The highest BCUT2D eigenvalue weighted by molar-refractivity contribution is 8.01. The summed E-state index contributed by atoms with van der Waals surface area (Å²) in [4.78, 5) is 3.04. The highest BCUT2D eigenvalue weighted by Crippen LogP contribution is 2.33. The molecule has 2 aromatic rings. The summed E-state index contributed by atoms with van der Waals surface area (Å²) in [5.74, 6) is 0. The fourth-order valence-electron chi connectivity index (χ4n) is 1.21. The fourth-order valence-corrected chi connectivity index (χ4v) is 2.99. The molecular formula is C11H14N4S2. The van der Waals surface area contributed by atoms with E-state index in [9.17, 15) is 0 Å². The van der Waals surface area contributed by atoms with Crippen LogP contribution in [0.3, 0.4) is 0 Å². The number of hydrogen-bond acceptors (Lipinski definition) is 6. The molecule has 17 heavy (non-hydrogen) atoms. The van der Waals surface area contributed by atoms with Crippen molar-refractivity contribution in [1.29, 1.82) is 0 Å². The molecule has 0 atom stereocenters. The first kappa shape index (κ1) is 12.2. The van der Waals surface area contributed by atoms with Gasteiger partial charge < -0.3 is 10.6 Å². The lowest BCUT2D eigenvalue weighted by molar-refractivity contribution is 0.972. The summed E-state index contributed by atoms with van der Waals surface area (Å²) >= 11 is 3.16.